The Hall–Kier alpha value is -0.900. The Morgan fingerprint density at radius 1 is 0.656 bits per heavy atom. The Labute approximate surface area is 199 Å². The molecule has 0 aromatic heterocycles. The summed E-state index contributed by atoms with van der Waals surface area (Å²) < 4.78 is 12.2. The summed E-state index contributed by atoms with van der Waals surface area (Å²) in [4.78, 5) is 0. The molecule has 0 heterocycles. The predicted molar refractivity (Wildman–Crippen MR) is 139 cm³/mol. The van der Waals surface area contributed by atoms with Gasteiger partial charge in [0.1, 0.15) is 0 Å². The van der Waals surface area contributed by atoms with Crippen molar-refractivity contribution in [3.05, 3.63) is 35.9 Å². The second-order valence-electron chi connectivity index (χ2n) is 9.42. The Morgan fingerprint density at radius 3 is 1.69 bits per heavy atom. The van der Waals surface area contributed by atoms with Gasteiger partial charge in [-0.25, -0.2) is 0 Å². The molecule has 2 unspecified atom stereocenters. The Balaban J connectivity index is 2.16. The van der Waals surface area contributed by atoms with Gasteiger partial charge < -0.3 is 15.2 Å². The first-order chi connectivity index (χ1) is 15.8. The number of hydrogen-bond donors (Lipinski definition) is 1. The second-order valence-corrected chi connectivity index (χ2v) is 9.42. The molecule has 0 aliphatic rings. The van der Waals surface area contributed by atoms with Gasteiger partial charge in [-0.05, 0) is 37.8 Å². The van der Waals surface area contributed by atoms with Crippen molar-refractivity contribution in [3.8, 4) is 0 Å². The van der Waals surface area contributed by atoms with Crippen molar-refractivity contribution < 1.29 is 9.47 Å². The van der Waals surface area contributed by atoms with Gasteiger partial charge in [0.25, 0.3) is 0 Å². The van der Waals surface area contributed by atoms with E-state index in [-0.39, 0.29) is 12.2 Å². The highest BCUT2D eigenvalue weighted by molar-refractivity contribution is 5.13. The van der Waals surface area contributed by atoms with Crippen LogP contribution < -0.4 is 5.73 Å². The van der Waals surface area contributed by atoms with Crippen LogP contribution in [-0.2, 0) is 16.1 Å². The molecule has 186 valence electrons. The highest BCUT2D eigenvalue weighted by Gasteiger charge is 2.21. The fourth-order valence-corrected chi connectivity index (χ4v) is 4.46. The van der Waals surface area contributed by atoms with E-state index in [1.54, 1.807) is 0 Å². The molecule has 1 rings (SSSR count). The van der Waals surface area contributed by atoms with E-state index in [4.69, 9.17) is 15.2 Å². The molecule has 1 aromatic rings. The van der Waals surface area contributed by atoms with Crippen molar-refractivity contribution in [2.24, 2.45) is 5.73 Å². The molecule has 2 atom stereocenters. The van der Waals surface area contributed by atoms with Crippen LogP contribution in [0.4, 0.5) is 0 Å². The van der Waals surface area contributed by atoms with E-state index in [1.807, 2.05) is 7.11 Å². The molecular weight excluding hydrogens is 394 g/mol. The molecule has 2 N–H and O–H groups in total. The molecule has 0 aliphatic carbocycles. The van der Waals surface area contributed by atoms with Crippen molar-refractivity contribution in [1.29, 1.82) is 0 Å². The summed E-state index contributed by atoms with van der Waals surface area (Å²) in [5, 5.41) is 0. The molecule has 32 heavy (non-hydrogen) atoms. The fourth-order valence-electron chi connectivity index (χ4n) is 4.46. The third-order valence-electron chi connectivity index (χ3n) is 6.56. The van der Waals surface area contributed by atoms with Crippen molar-refractivity contribution in [1.82, 2.24) is 0 Å². The average Bonchev–Trinajstić information content (AvgIpc) is 2.83. The maximum Gasteiger partial charge on any atom is 0.0841 e. The van der Waals surface area contributed by atoms with E-state index in [0.717, 1.165) is 32.2 Å². The van der Waals surface area contributed by atoms with Crippen molar-refractivity contribution in [2.75, 3.05) is 13.7 Å². The molecule has 0 saturated heterocycles. The van der Waals surface area contributed by atoms with Crippen LogP contribution in [0.5, 0.6) is 0 Å². The van der Waals surface area contributed by atoms with Crippen LogP contribution in [0, 0.1) is 0 Å². The van der Waals surface area contributed by atoms with E-state index in [9.17, 15) is 0 Å². The first-order valence-electron chi connectivity index (χ1n) is 13.7. The lowest BCUT2D eigenvalue weighted by Crippen LogP contribution is -2.31. The molecule has 0 saturated carbocycles. The highest BCUT2D eigenvalue weighted by Crippen LogP contribution is 2.20. The zero-order valence-corrected chi connectivity index (χ0v) is 21.4. The van der Waals surface area contributed by atoms with Gasteiger partial charge in [-0.15, -0.1) is 0 Å². The summed E-state index contributed by atoms with van der Waals surface area (Å²) in [7, 11) is 1.84. The monoisotopic (exact) mass is 447 g/mol. The lowest BCUT2D eigenvalue weighted by molar-refractivity contribution is -0.0716. The van der Waals surface area contributed by atoms with E-state index < -0.39 is 0 Å². The maximum absolute atomic E-state index is 6.33. The second kappa shape index (κ2) is 21.9. The lowest BCUT2D eigenvalue weighted by atomic mass is 9.99. The number of hydrogen-bond acceptors (Lipinski definition) is 3. The van der Waals surface area contributed by atoms with Crippen LogP contribution in [0.3, 0.4) is 0 Å². The maximum atomic E-state index is 6.33. The van der Waals surface area contributed by atoms with Gasteiger partial charge in [-0.2, -0.15) is 0 Å². The van der Waals surface area contributed by atoms with Gasteiger partial charge in [-0.3, -0.25) is 0 Å². The summed E-state index contributed by atoms with van der Waals surface area (Å²) in [6, 6.07) is 10.5. The SMILES string of the molecule is CCCCCCCCCCCCCCCC(OC)C(CCCCN)OCc1ccccc1. The largest absolute Gasteiger partial charge is 0.379 e. The minimum absolute atomic E-state index is 0.157. The van der Waals surface area contributed by atoms with Gasteiger partial charge >= 0.3 is 0 Å². The first kappa shape index (κ1) is 29.1. The van der Waals surface area contributed by atoms with E-state index in [2.05, 4.69) is 37.3 Å². The Kier molecular flexibility index (Phi) is 20.0. The van der Waals surface area contributed by atoms with Crippen LogP contribution in [0.15, 0.2) is 30.3 Å². The normalized spacial score (nSPS) is 13.3. The first-order valence-corrected chi connectivity index (χ1v) is 13.7. The average molecular weight is 448 g/mol. The zero-order valence-electron chi connectivity index (χ0n) is 21.4. The zero-order chi connectivity index (χ0) is 23.1. The Morgan fingerprint density at radius 2 is 1.16 bits per heavy atom. The van der Waals surface area contributed by atoms with Gasteiger partial charge in [-0.1, -0.05) is 121 Å². The third kappa shape index (κ3) is 15.8. The van der Waals surface area contributed by atoms with E-state index in [1.165, 1.54) is 89.0 Å². The van der Waals surface area contributed by atoms with Crippen LogP contribution >= 0.6 is 0 Å². The van der Waals surface area contributed by atoms with E-state index >= 15 is 0 Å². The minimum Gasteiger partial charge on any atom is -0.379 e. The van der Waals surface area contributed by atoms with Crippen molar-refractivity contribution >= 4 is 0 Å². The number of benzene rings is 1. The number of unbranched alkanes of at least 4 members (excludes halogenated alkanes) is 13. The summed E-state index contributed by atoms with van der Waals surface area (Å²) in [6.45, 7) is 3.70. The lowest BCUT2D eigenvalue weighted by Gasteiger charge is -2.26. The van der Waals surface area contributed by atoms with Crippen LogP contribution in [0.25, 0.3) is 0 Å². The molecule has 1 aromatic carbocycles. The number of ether oxygens (including phenoxy) is 2. The van der Waals surface area contributed by atoms with Gasteiger partial charge in [0, 0.05) is 7.11 Å². The number of methoxy groups -OCH3 is 1. The standard InChI is InChI=1S/C29H53NO2/c1-3-4-5-6-7-8-9-10-11-12-13-14-18-23-28(31-2)29(24-19-20-25-30)32-26-27-21-16-15-17-22-27/h15-17,21-22,28-29H,3-14,18-20,23-26,30H2,1-2H3. The molecule has 0 aliphatic heterocycles. The molecule has 0 spiro atoms. The minimum atomic E-state index is 0.157. The quantitative estimate of drug-likeness (QED) is 0.172. The third-order valence-corrected chi connectivity index (χ3v) is 6.56. The summed E-state index contributed by atoms with van der Waals surface area (Å²) in [5.41, 5.74) is 6.93. The Bertz CT molecular complexity index is 493. The molecule has 0 fully saturated rings. The topological polar surface area (TPSA) is 44.5 Å². The van der Waals surface area contributed by atoms with Gasteiger partial charge in [0.2, 0.25) is 0 Å². The molecule has 0 bridgehead atoms. The molecule has 3 nitrogen and oxygen atoms in total. The fraction of sp³-hybridized carbons (Fsp3) is 0.793. The van der Waals surface area contributed by atoms with Gasteiger partial charge in [0.05, 0.1) is 18.8 Å². The molecule has 3 heteroatoms. The number of nitrogens with two attached hydrogens (primary N) is 1. The van der Waals surface area contributed by atoms with Crippen LogP contribution in [0.2, 0.25) is 0 Å². The van der Waals surface area contributed by atoms with Gasteiger partial charge in [0.15, 0.2) is 0 Å². The number of rotatable bonds is 23. The molecule has 0 amide bonds. The highest BCUT2D eigenvalue weighted by atomic mass is 16.5. The summed E-state index contributed by atoms with van der Waals surface area (Å²) in [5.74, 6) is 0. The molecular formula is C29H53NO2. The predicted octanol–water partition coefficient (Wildman–Crippen LogP) is 8.20. The van der Waals surface area contributed by atoms with E-state index in [0.29, 0.717) is 6.61 Å². The smallest absolute Gasteiger partial charge is 0.0841 e. The van der Waals surface area contributed by atoms with Crippen molar-refractivity contribution in [2.45, 2.75) is 135 Å². The van der Waals surface area contributed by atoms with Crippen LogP contribution in [-0.4, -0.2) is 25.9 Å². The summed E-state index contributed by atoms with van der Waals surface area (Å²) in [6.07, 6.45) is 22.7. The molecule has 0 radical (unpaired) electrons. The van der Waals surface area contributed by atoms with Crippen molar-refractivity contribution in [3.63, 3.8) is 0 Å². The van der Waals surface area contributed by atoms with Crippen LogP contribution in [0.1, 0.15) is 122 Å². The summed E-state index contributed by atoms with van der Waals surface area (Å²) >= 11 is 0.